The number of likely N-dealkylation sites (tertiary alicyclic amines) is 2. The SMILES string of the molecule is COCCN1CC(CN2CCO[C@@H](O[C@H]3CCC45C[C@]46CC[C@]4(C)[C@@H]7[C@H](O[C@@H]([C@H](O)C(C)(C)O)C[C@H]7C)[C@H](O)[C@@]4(C)[C@@H]6CC[C@H]5C3(C)C)C2)C1.COCCN1CC(CN2CCO[C@@H](O[C@H]3CCC45C[C@]46CC[C@]4(C)[C@@H]7[C@H](O[C@@H]([C@H](OC(C)=O)C(C)(C)O)C[C@H]7C)[C@H](O)[C@@]4(C)[C@@H]6CC[C@H]5C3(C)C)C2)C1. The Balaban J connectivity index is 0.000000166. The first kappa shape index (κ1) is 77.1. The molecule has 0 aromatic heterocycles. The van der Waals surface area contributed by atoms with Crippen LogP contribution in [-0.4, -0.2) is 255 Å². The fraction of sp³-hybridized carbons (Fsp3) is 0.988. The lowest BCUT2D eigenvalue weighted by molar-refractivity contribution is -0.250. The Morgan fingerprint density at radius 1 is 0.534 bits per heavy atom. The average Bonchev–Trinajstić information content (AvgIpc) is 1.46. The maximum atomic E-state index is 12.6. The van der Waals surface area contributed by atoms with Crippen LogP contribution in [0.4, 0.5) is 0 Å². The number of esters is 1. The highest BCUT2D eigenvalue weighted by molar-refractivity contribution is 5.66. The average molecular weight is 1450 g/mol. The van der Waals surface area contributed by atoms with Crippen molar-refractivity contribution in [2.75, 3.05) is 119 Å². The van der Waals surface area contributed by atoms with Gasteiger partial charge in [0.05, 0.1) is 86.5 Å². The van der Waals surface area contributed by atoms with Crippen LogP contribution in [0, 0.1) is 113 Å². The van der Waals surface area contributed by atoms with Crippen LogP contribution < -0.4 is 0 Å². The van der Waals surface area contributed by atoms with E-state index in [9.17, 15) is 30.3 Å². The minimum atomic E-state index is -1.25. The van der Waals surface area contributed by atoms with Gasteiger partial charge in [0.2, 0.25) is 0 Å². The number of aliphatic hydroxyl groups excluding tert-OH is 3. The van der Waals surface area contributed by atoms with Crippen molar-refractivity contribution in [3.8, 4) is 0 Å². The molecule has 0 radical (unpaired) electrons. The molecule has 19 heteroatoms. The van der Waals surface area contributed by atoms with Crippen LogP contribution in [0.25, 0.3) is 0 Å². The molecule has 6 heterocycles. The molecule has 19 nitrogen and oxygen atoms in total. The highest BCUT2D eigenvalue weighted by Crippen LogP contribution is 2.91. The normalized spacial score (nSPS) is 49.8. The molecule has 16 fully saturated rings. The van der Waals surface area contributed by atoms with Gasteiger partial charge in [0, 0.05) is 111 Å². The number of methoxy groups -OCH3 is 2. The second-order valence-corrected chi connectivity index (χ2v) is 41.5. The molecule has 10 aliphatic carbocycles. The van der Waals surface area contributed by atoms with Crippen molar-refractivity contribution in [3.05, 3.63) is 0 Å². The standard InChI is InChI=1S/C43H72N2O8.C41H70N2O7/c1-26-20-29(37(39(5,6)48)51-27(2)46)52-35-34(26)40(7)14-15-43-25-42(43)13-12-32(38(3,4)30(42)10-11-31(43)41(40,8)36(35)47)53-33-24-45(17-19-50-33)23-28-21-44(22-28)16-18-49-9;1-25-19-27(34(44)37(4,5)46)49-33-32(25)38(6)13-14-41-24-40(41)12-11-30(36(2,3)28(40)9-10-29(41)39(38,7)35(33)45)50-31-23-43(16-18-48-31)22-26-20-42(21-26)15-17-47-8/h26,28-37,47-48H,10-25H2,1-9H3;25-35,44-46H,9-24H2,1-8H3/t26-,29-,30+,31+,32+,33+,34+,35+,36+,37+,40-,41-,42?,43+;25-,27-,28+,29+,30+,31+,32+,33+,34+,35+,38-,39-,40?,41+/m11/s1. The van der Waals surface area contributed by atoms with Gasteiger partial charge >= 0.3 is 5.97 Å². The monoisotopic (exact) mass is 1450 g/mol. The third kappa shape index (κ3) is 12.0. The van der Waals surface area contributed by atoms with Crippen molar-refractivity contribution < 1.29 is 73.0 Å². The summed E-state index contributed by atoms with van der Waals surface area (Å²) in [6, 6.07) is 0. The first-order chi connectivity index (χ1) is 48.4. The molecule has 4 spiro atoms. The number of nitrogens with zero attached hydrogens (tertiary/aromatic N) is 4. The smallest absolute Gasteiger partial charge is 0.303 e. The maximum absolute atomic E-state index is 12.6. The topological polar surface area (TPSA) is 214 Å². The highest BCUT2D eigenvalue weighted by Gasteiger charge is 2.87. The molecule has 0 amide bonds. The summed E-state index contributed by atoms with van der Waals surface area (Å²) in [6.07, 6.45) is 13.6. The summed E-state index contributed by atoms with van der Waals surface area (Å²) in [7, 11) is 3.56. The van der Waals surface area contributed by atoms with Gasteiger partial charge in [-0.3, -0.25) is 14.6 Å². The minimum absolute atomic E-state index is 0.0184. The highest BCUT2D eigenvalue weighted by atomic mass is 16.7. The summed E-state index contributed by atoms with van der Waals surface area (Å²) in [5.74, 6) is 4.23. The van der Waals surface area contributed by atoms with E-state index in [4.69, 9.17) is 42.6 Å². The molecule has 16 rings (SSSR count). The van der Waals surface area contributed by atoms with Gasteiger partial charge in [0.25, 0.3) is 0 Å². The first-order valence-corrected chi connectivity index (χ1v) is 41.8. The molecule has 6 aliphatic heterocycles. The van der Waals surface area contributed by atoms with Gasteiger partial charge in [-0.05, 0) is 233 Å². The Hall–Kier alpha value is -1.21. The summed E-state index contributed by atoms with van der Waals surface area (Å²) < 4.78 is 56.4. The van der Waals surface area contributed by atoms with E-state index in [0.717, 1.165) is 149 Å². The van der Waals surface area contributed by atoms with E-state index >= 15 is 0 Å². The van der Waals surface area contributed by atoms with Crippen LogP contribution in [0.2, 0.25) is 0 Å². The minimum Gasteiger partial charge on any atom is -0.457 e. The number of aliphatic hydroxyl groups is 5. The predicted octanol–water partition coefficient (Wildman–Crippen LogP) is 9.68. The molecule has 16 aliphatic rings. The summed E-state index contributed by atoms with van der Waals surface area (Å²) in [4.78, 5) is 22.3. The van der Waals surface area contributed by atoms with Gasteiger partial charge in [-0.15, -0.1) is 0 Å². The summed E-state index contributed by atoms with van der Waals surface area (Å²) in [5.41, 5.74) is -1.78. The van der Waals surface area contributed by atoms with Gasteiger partial charge in [0.15, 0.2) is 18.7 Å². The number of hydrogen-bond donors (Lipinski definition) is 5. The van der Waals surface area contributed by atoms with Gasteiger partial charge in [-0.2, -0.15) is 0 Å². The fourth-order valence-corrected chi connectivity index (χ4v) is 30.1. The Kier molecular flexibility index (Phi) is 20.2. The number of carbonyl (C=O) groups excluding carboxylic acids is 1. The second-order valence-electron chi connectivity index (χ2n) is 41.5. The first-order valence-electron chi connectivity index (χ1n) is 41.8. The Morgan fingerprint density at radius 3 is 1.33 bits per heavy atom. The van der Waals surface area contributed by atoms with E-state index in [1.807, 2.05) is 0 Å². The molecule has 103 heavy (non-hydrogen) atoms. The number of fused-ring (bicyclic) bond motifs is 8. The van der Waals surface area contributed by atoms with Crippen LogP contribution >= 0.6 is 0 Å². The molecule has 28 atom stereocenters. The molecule has 0 aromatic rings. The Bertz CT molecular complexity index is 3050. The third-order valence-electron chi connectivity index (χ3n) is 35.1. The molecule has 6 saturated heterocycles. The molecule has 0 aromatic carbocycles. The van der Waals surface area contributed by atoms with Gasteiger partial charge in [-0.1, -0.05) is 69.2 Å². The van der Waals surface area contributed by atoms with Crippen LogP contribution in [0.5, 0.6) is 0 Å². The van der Waals surface area contributed by atoms with E-state index in [1.165, 1.54) is 71.4 Å². The van der Waals surface area contributed by atoms with E-state index < -0.39 is 53.8 Å². The van der Waals surface area contributed by atoms with Gasteiger partial charge in [0.1, 0.15) is 6.10 Å². The van der Waals surface area contributed by atoms with Crippen LogP contribution in [0.3, 0.4) is 0 Å². The lowest BCUT2D eigenvalue weighted by Gasteiger charge is -2.64. The molecule has 5 N–H and O–H groups in total. The van der Waals surface area contributed by atoms with Crippen molar-refractivity contribution in [1.82, 2.24) is 19.6 Å². The van der Waals surface area contributed by atoms with E-state index in [2.05, 4.69) is 88.8 Å². The van der Waals surface area contributed by atoms with E-state index in [0.29, 0.717) is 46.8 Å². The maximum Gasteiger partial charge on any atom is 0.303 e. The van der Waals surface area contributed by atoms with Crippen molar-refractivity contribution in [1.29, 1.82) is 0 Å². The number of rotatable bonds is 19. The molecule has 10 saturated carbocycles. The fourth-order valence-electron chi connectivity index (χ4n) is 30.1. The number of morpholine rings is 2. The van der Waals surface area contributed by atoms with Gasteiger partial charge in [-0.25, -0.2) is 0 Å². The second kappa shape index (κ2) is 27.0. The zero-order chi connectivity index (χ0) is 73.6. The lowest BCUT2D eigenvalue weighted by atomic mass is 9.41. The van der Waals surface area contributed by atoms with Crippen molar-refractivity contribution in [2.24, 2.45) is 113 Å². The van der Waals surface area contributed by atoms with E-state index in [1.54, 1.807) is 41.9 Å². The molecule has 2 unspecified atom stereocenters. The zero-order valence-corrected chi connectivity index (χ0v) is 66.9. The Labute approximate surface area is 619 Å². The molecule has 0 bridgehead atoms. The van der Waals surface area contributed by atoms with Crippen LogP contribution in [0.1, 0.15) is 207 Å². The predicted molar refractivity (Wildman–Crippen MR) is 392 cm³/mol. The summed E-state index contributed by atoms with van der Waals surface area (Å²) >= 11 is 0. The number of ether oxygens (including phenoxy) is 9. The Morgan fingerprint density at radius 2 is 0.932 bits per heavy atom. The molecule has 588 valence electrons. The third-order valence-corrected chi connectivity index (χ3v) is 35.1. The summed E-state index contributed by atoms with van der Waals surface area (Å²) in [6.45, 7) is 48.3. The van der Waals surface area contributed by atoms with Crippen LogP contribution in [0.15, 0.2) is 0 Å². The summed E-state index contributed by atoms with van der Waals surface area (Å²) in [5, 5.41) is 57.9. The van der Waals surface area contributed by atoms with Crippen molar-refractivity contribution in [2.45, 2.75) is 291 Å². The largest absolute Gasteiger partial charge is 0.457 e. The number of hydrogen-bond acceptors (Lipinski definition) is 19. The molecular formula is C84H142N4O15. The molecular weight excluding hydrogens is 1300 g/mol. The van der Waals surface area contributed by atoms with Crippen molar-refractivity contribution >= 4 is 5.97 Å². The van der Waals surface area contributed by atoms with Crippen molar-refractivity contribution in [3.63, 3.8) is 0 Å². The quantitative estimate of drug-likeness (QED) is 0.0761. The van der Waals surface area contributed by atoms with Crippen LogP contribution in [-0.2, 0) is 47.4 Å². The number of carbonyl (C=O) groups is 1. The van der Waals surface area contributed by atoms with E-state index in [-0.39, 0.29) is 98.1 Å². The van der Waals surface area contributed by atoms with Gasteiger partial charge < -0.3 is 78.0 Å². The zero-order valence-electron chi connectivity index (χ0n) is 66.9. The lowest BCUT2D eigenvalue weighted by Crippen LogP contribution is -2.60.